The smallest absolute Gasteiger partial charge is 0.192 e. The molecule has 0 saturated carbocycles. The van der Waals surface area contributed by atoms with E-state index in [1.807, 2.05) is 47.9 Å². The first-order valence-corrected chi connectivity index (χ1v) is 10.1. The van der Waals surface area contributed by atoms with E-state index in [1.165, 1.54) is 11.8 Å². The number of pyridine rings is 1. The zero-order valence-corrected chi connectivity index (χ0v) is 17.4. The predicted molar refractivity (Wildman–Crippen MR) is 109 cm³/mol. The van der Waals surface area contributed by atoms with E-state index in [0.29, 0.717) is 23.9 Å². The average Bonchev–Trinajstić information content (AvgIpc) is 3.09. The summed E-state index contributed by atoms with van der Waals surface area (Å²) >= 11 is 4.79. The molecule has 6 nitrogen and oxygen atoms in total. The third-order valence-electron chi connectivity index (χ3n) is 3.95. The number of carbonyl (C=O) groups excluding carboxylic acids is 1. The summed E-state index contributed by atoms with van der Waals surface area (Å²) in [7, 11) is 1.66. The molecule has 1 atom stereocenters. The van der Waals surface area contributed by atoms with E-state index in [2.05, 4.69) is 31.1 Å². The van der Waals surface area contributed by atoms with Crippen molar-refractivity contribution in [1.82, 2.24) is 19.7 Å². The molecule has 1 unspecified atom stereocenters. The Morgan fingerprint density at radius 1 is 1.19 bits per heavy atom. The highest BCUT2D eigenvalue weighted by Gasteiger charge is 2.21. The molecule has 0 radical (unpaired) electrons. The van der Waals surface area contributed by atoms with Crippen molar-refractivity contribution in [1.29, 1.82) is 0 Å². The van der Waals surface area contributed by atoms with Crippen LogP contribution in [0.25, 0.3) is 11.4 Å². The van der Waals surface area contributed by atoms with Crippen LogP contribution in [0.1, 0.15) is 17.3 Å². The summed E-state index contributed by atoms with van der Waals surface area (Å²) in [5.74, 6) is 0.791. The zero-order chi connectivity index (χ0) is 19.2. The highest BCUT2D eigenvalue weighted by Crippen LogP contribution is 2.28. The van der Waals surface area contributed by atoms with Crippen molar-refractivity contribution in [2.45, 2.75) is 23.9 Å². The number of ketones is 1. The molecule has 27 heavy (non-hydrogen) atoms. The molecule has 1 aromatic carbocycles. The molecule has 0 N–H and O–H groups in total. The van der Waals surface area contributed by atoms with E-state index in [4.69, 9.17) is 4.74 Å². The molecule has 0 aliphatic heterocycles. The van der Waals surface area contributed by atoms with Crippen LogP contribution in [-0.4, -0.2) is 44.5 Å². The number of benzene rings is 1. The number of rotatable bonds is 8. The van der Waals surface area contributed by atoms with Crippen molar-refractivity contribution in [2.75, 3.05) is 13.7 Å². The van der Waals surface area contributed by atoms with E-state index in [0.717, 1.165) is 15.9 Å². The second kappa shape index (κ2) is 9.25. The molecule has 8 heteroatoms. The number of halogens is 1. The first kappa shape index (κ1) is 19.7. The van der Waals surface area contributed by atoms with Crippen LogP contribution in [0.5, 0.6) is 0 Å². The van der Waals surface area contributed by atoms with E-state index >= 15 is 0 Å². The Balaban J connectivity index is 1.84. The summed E-state index contributed by atoms with van der Waals surface area (Å²) in [6, 6.07) is 11.2. The minimum absolute atomic E-state index is 0.0549. The van der Waals surface area contributed by atoms with Crippen LogP contribution in [0.15, 0.2) is 58.4 Å². The van der Waals surface area contributed by atoms with Gasteiger partial charge in [0.25, 0.3) is 0 Å². The van der Waals surface area contributed by atoms with E-state index < -0.39 is 0 Å². The van der Waals surface area contributed by atoms with Gasteiger partial charge in [0.15, 0.2) is 16.8 Å². The standard InChI is InChI=1S/C19H19BrN4O2S/c1-13(17(25)14-3-5-16(20)6-4-14)27-19-23-22-18(24(19)11-12-26-2)15-7-9-21-10-8-15/h3-10,13H,11-12H2,1-2H3. The molecule has 3 rings (SSSR count). The quantitative estimate of drug-likeness (QED) is 0.382. The normalized spacial score (nSPS) is 12.1. The number of carbonyl (C=O) groups is 1. The van der Waals surface area contributed by atoms with Gasteiger partial charge in [-0.25, -0.2) is 0 Å². The highest BCUT2D eigenvalue weighted by molar-refractivity contribution is 9.10. The molecular weight excluding hydrogens is 428 g/mol. The highest BCUT2D eigenvalue weighted by atomic mass is 79.9. The molecule has 0 bridgehead atoms. The molecule has 0 aliphatic carbocycles. The maximum absolute atomic E-state index is 12.7. The van der Waals surface area contributed by atoms with Gasteiger partial charge in [-0.05, 0) is 31.2 Å². The van der Waals surface area contributed by atoms with Crippen molar-refractivity contribution in [3.63, 3.8) is 0 Å². The largest absolute Gasteiger partial charge is 0.383 e. The molecular formula is C19H19BrN4O2S. The Morgan fingerprint density at radius 2 is 1.89 bits per heavy atom. The lowest BCUT2D eigenvalue weighted by atomic mass is 10.1. The topological polar surface area (TPSA) is 69.9 Å². The summed E-state index contributed by atoms with van der Waals surface area (Å²) in [5, 5.41) is 9.04. The van der Waals surface area contributed by atoms with E-state index in [-0.39, 0.29) is 11.0 Å². The van der Waals surface area contributed by atoms with Gasteiger partial charge in [0.2, 0.25) is 0 Å². The van der Waals surface area contributed by atoms with E-state index in [1.54, 1.807) is 19.5 Å². The summed E-state index contributed by atoms with van der Waals surface area (Å²) in [5.41, 5.74) is 1.60. The third-order valence-corrected chi connectivity index (χ3v) is 5.56. The Kier molecular flexibility index (Phi) is 6.76. The van der Waals surface area contributed by atoms with Gasteiger partial charge in [-0.2, -0.15) is 0 Å². The number of methoxy groups -OCH3 is 1. The van der Waals surface area contributed by atoms with Crippen molar-refractivity contribution >= 4 is 33.5 Å². The predicted octanol–water partition coefficient (Wildman–Crippen LogP) is 4.11. The van der Waals surface area contributed by atoms with Gasteiger partial charge in [0.1, 0.15) is 0 Å². The first-order valence-electron chi connectivity index (χ1n) is 8.39. The maximum atomic E-state index is 12.7. The Hall–Kier alpha value is -2.03. The summed E-state index contributed by atoms with van der Waals surface area (Å²) in [4.78, 5) is 16.8. The molecule has 2 heterocycles. The van der Waals surface area contributed by atoms with Crippen LogP contribution in [0.2, 0.25) is 0 Å². The Labute approximate surface area is 170 Å². The van der Waals surface area contributed by atoms with Crippen molar-refractivity contribution < 1.29 is 9.53 Å². The van der Waals surface area contributed by atoms with Crippen LogP contribution in [0, 0.1) is 0 Å². The van der Waals surface area contributed by atoms with Gasteiger partial charge in [0, 0.05) is 35.1 Å². The summed E-state index contributed by atoms with van der Waals surface area (Å²) < 4.78 is 8.15. The molecule has 140 valence electrons. The van der Waals surface area contributed by atoms with E-state index in [9.17, 15) is 4.79 Å². The number of hydrogen-bond acceptors (Lipinski definition) is 6. The monoisotopic (exact) mass is 446 g/mol. The van der Waals surface area contributed by atoms with Gasteiger partial charge in [-0.15, -0.1) is 10.2 Å². The van der Waals surface area contributed by atoms with Crippen molar-refractivity contribution in [3.8, 4) is 11.4 Å². The lowest BCUT2D eigenvalue weighted by Gasteiger charge is -2.13. The number of aromatic nitrogens is 4. The van der Waals surface area contributed by atoms with Crippen LogP contribution < -0.4 is 0 Å². The number of ether oxygens (including phenoxy) is 1. The van der Waals surface area contributed by atoms with Gasteiger partial charge in [0.05, 0.1) is 18.4 Å². The van der Waals surface area contributed by atoms with Crippen LogP contribution in [0.4, 0.5) is 0 Å². The second-order valence-electron chi connectivity index (χ2n) is 5.82. The number of thioether (sulfide) groups is 1. The first-order chi connectivity index (χ1) is 13.1. The molecule has 0 spiro atoms. The molecule has 2 aromatic heterocycles. The molecule has 3 aromatic rings. The fourth-order valence-electron chi connectivity index (χ4n) is 2.54. The van der Waals surface area contributed by atoms with Crippen molar-refractivity contribution in [3.05, 3.63) is 58.8 Å². The van der Waals surface area contributed by atoms with Gasteiger partial charge < -0.3 is 4.74 Å². The number of hydrogen-bond donors (Lipinski definition) is 0. The average molecular weight is 447 g/mol. The molecule has 0 fully saturated rings. The lowest BCUT2D eigenvalue weighted by Crippen LogP contribution is -2.15. The fraction of sp³-hybridized carbons (Fsp3) is 0.263. The SMILES string of the molecule is COCCn1c(SC(C)C(=O)c2ccc(Br)cc2)nnc1-c1ccncc1. The minimum Gasteiger partial charge on any atom is -0.383 e. The van der Waals surface area contributed by atoms with Gasteiger partial charge in [-0.1, -0.05) is 39.8 Å². The Bertz CT molecular complexity index is 900. The van der Waals surface area contributed by atoms with Crippen LogP contribution in [0.3, 0.4) is 0 Å². The number of Topliss-reactive ketones (excluding diaryl/α,β-unsaturated/α-hetero) is 1. The van der Waals surface area contributed by atoms with Crippen LogP contribution >= 0.6 is 27.7 Å². The zero-order valence-electron chi connectivity index (χ0n) is 15.0. The number of nitrogens with zero attached hydrogens (tertiary/aromatic N) is 4. The summed E-state index contributed by atoms with van der Waals surface area (Å²) in [6.45, 7) is 3.01. The summed E-state index contributed by atoms with van der Waals surface area (Å²) in [6.07, 6.45) is 3.44. The fourth-order valence-corrected chi connectivity index (χ4v) is 3.75. The minimum atomic E-state index is -0.290. The van der Waals surface area contributed by atoms with Crippen LogP contribution in [-0.2, 0) is 11.3 Å². The maximum Gasteiger partial charge on any atom is 0.192 e. The molecule has 0 saturated heterocycles. The van der Waals surface area contributed by atoms with Gasteiger partial charge >= 0.3 is 0 Å². The Morgan fingerprint density at radius 3 is 2.56 bits per heavy atom. The van der Waals surface area contributed by atoms with Crippen molar-refractivity contribution in [2.24, 2.45) is 0 Å². The molecule has 0 amide bonds. The lowest BCUT2D eigenvalue weighted by molar-refractivity contribution is 0.0994. The third kappa shape index (κ3) is 4.82. The molecule has 0 aliphatic rings. The van der Waals surface area contributed by atoms with Gasteiger partial charge in [-0.3, -0.25) is 14.3 Å². The second-order valence-corrected chi connectivity index (χ2v) is 8.04.